The van der Waals surface area contributed by atoms with Crippen LogP contribution in [0.4, 0.5) is 11.4 Å². The van der Waals surface area contributed by atoms with Crippen molar-refractivity contribution in [2.45, 2.75) is 39.0 Å². The first-order chi connectivity index (χ1) is 8.66. The molecule has 1 aliphatic rings. The van der Waals surface area contributed by atoms with E-state index in [-0.39, 0.29) is 0 Å². The Bertz CT molecular complexity index is 364. The maximum Gasteiger partial charge on any atom is 0.0763 e. The number of nitrogens with one attached hydrogen (secondary N) is 1. The number of halogens is 1. The molecule has 0 saturated heterocycles. The van der Waals surface area contributed by atoms with Crippen LogP contribution in [0.15, 0.2) is 18.2 Å². The third-order valence-electron chi connectivity index (χ3n) is 4.04. The first-order valence-corrected chi connectivity index (χ1v) is 7.32. The lowest BCUT2D eigenvalue weighted by molar-refractivity contribution is 0.282. The van der Waals surface area contributed by atoms with Gasteiger partial charge >= 0.3 is 0 Å². The molecule has 3 N–H and O–H groups in total. The highest BCUT2D eigenvalue weighted by atomic mass is 35.5. The number of para-hydroxylation sites is 1. The van der Waals surface area contributed by atoms with Gasteiger partial charge in [0, 0.05) is 6.54 Å². The molecule has 0 spiro atoms. The molecule has 0 bridgehead atoms. The Hall–Kier alpha value is -0.890. The Kier molecular flexibility index (Phi) is 4.76. The number of nitrogens with two attached hydrogens (primary N) is 1. The molecule has 1 aliphatic carbocycles. The van der Waals surface area contributed by atoms with Crippen LogP contribution in [0.5, 0.6) is 0 Å². The van der Waals surface area contributed by atoms with Gasteiger partial charge < -0.3 is 11.1 Å². The van der Waals surface area contributed by atoms with Gasteiger partial charge in [-0.3, -0.25) is 0 Å². The van der Waals surface area contributed by atoms with Crippen molar-refractivity contribution in [1.82, 2.24) is 0 Å². The Morgan fingerprint density at radius 3 is 2.67 bits per heavy atom. The highest BCUT2D eigenvalue weighted by Crippen LogP contribution is 2.31. The van der Waals surface area contributed by atoms with E-state index in [2.05, 4.69) is 12.2 Å². The van der Waals surface area contributed by atoms with E-state index in [0.717, 1.165) is 29.8 Å². The lowest BCUT2D eigenvalue weighted by Crippen LogP contribution is -2.16. The minimum Gasteiger partial charge on any atom is -0.397 e. The smallest absolute Gasteiger partial charge is 0.0763 e. The summed E-state index contributed by atoms with van der Waals surface area (Å²) in [6.45, 7) is 3.33. The molecule has 0 heterocycles. The first-order valence-electron chi connectivity index (χ1n) is 6.94. The van der Waals surface area contributed by atoms with Crippen molar-refractivity contribution >= 4 is 23.0 Å². The summed E-state index contributed by atoms with van der Waals surface area (Å²) in [6.07, 6.45) is 6.75. The summed E-state index contributed by atoms with van der Waals surface area (Å²) >= 11 is 6.13. The molecule has 0 atom stereocenters. The maximum atomic E-state index is 6.13. The fraction of sp³-hybridized carbons (Fsp3) is 0.600. The highest BCUT2D eigenvalue weighted by Gasteiger charge is 2.17. The van der Waals surface area contributed by atoms with Crippen molar-refractivity contribution in [3.8, 4) is 0 Å². The molecule has 100 valence electrons. The third kappa shape index (κ3) is 3.55. The predicted molar refractivity (Wildman–Crippen MR) is 80.1 cm³/mol. The number of hydrogen-bond acceptors (Lipinski definition) is 2. The molecular weight excluding hydrogens is 244 g/mol. The van der Waals surface area contributed by atoms with Crippen LogP contribution in [0.3, 0.4) is 0 Å². The quantitative estimate of drug-likeness (QED) is 0.785. The topological polar surface area (TPSA) is 38.0 Å². The Labute approximate surface area is 115 Å². The molecule has 1 aromatic rings. The van der Waals surface area contributed by atoms with E-state index in [0.29, 0.717) is 5.02 Å². The van der Waals surface area contributed by atoms with Gasteiger partial charge in [-0.25, -0.2) is 0 Å². The molecule has 1 aromatic carbocycles. The standard InChI is InChI=1S/C15H23ClN2/c1-11-5-7-12(8-6-11)9-10-18-15-13(16)3-2-4-14(15)17/h2-4,11-12,18H,5-10,17H2,1H3. The van der Waals surface area contributed by atoms with Crippen LogP contribution in [-0.4, -0.2) is 6.54 Å². The van der Waals surface area contributed by atoms with Crippen molar-refractivity contribution < 1.29 is 0 Å². The summed E-state index contributed by atoms with van der Waals surface area (Å²) in [6, 6.07) is 5.64. The molecule has 0 unspecified atom stereocenters. The number of hydrogen-bond donors (Lipinski definition) is 2. The summed E-state index contributed by atoms with van der Waals surface area (Å²) in [7, 11) is 0. The molecule has 1 saturated carbocycles. The minimum atomic E-state index is 0.715. The second-order valence-electron chi connectivity index (χ2n) is 5.55. The minimum absolute atomic E-state index is 0.715. The van der Waals surface area contributed by atoms with Crippen LogP contribution < -0.4 is 11.1 Å². The fourth-order valence-electron chi connectivity index (χ4n) is 2.75. The number of anilines is 2. The van der Waals surface area contributed by atoms with E-state index in [4.69, 9.17) is 17.3 Å². The van der Waals surface area contributed by atoms with Gasteiger partial charge in [-0.2, -0.15) is 0 Å². The van der Waals surface area contributed by atoms with Crippen LogP contribution in [0.1, 0.15) is 39.0 Å². The maximum absolute atomic E-state index is 6.13. The van der Waals surface area contributed by atoms with Crippen molar-refractivity contribution in [3.63, 3.8) is 0 Å². The van der Waals surface area contributed by atoms with Gasteiger partial charge in [-0.1, -0.05) is 50.3 Å². The van der Waals surface area contributed by atoms with Gasteiger partial charge in [0.2, 0.25) is 0 Å². The fourth-order valence-corrected chi connectivity index (χ4v) is 3.00. The Balaban J connectivity index is 1.78. The van der Waals surface area contributed by atoms with Gasteiger partial charge in [-0.15, -0.1) is 0 Å². The zero-order valence-electron chi connectivity index (χ0n) is 11.1. The average molecular weight is 267 g/mol. The van der Waals surface area contributed by atoms with Crippen molar-refractivity contribution in [3.05, 3.63) is 23.2 Å². The Morgan fingerprint density at radius 2 is 2.00 bits per heavy atom. The van der Waals surface area contributed by atoms with Gasteiger partial charge in [0.05, 0.1) is 16.4 Å². The lowest BCUT2D eigenvalue weighted by atomic mass is 9.81. The molecule has 2 rings (SSSR count). The molecule has 0 amide bonds. The zero-order valence-corrected chi connectivity index (χ0v) is 11.8. The highest BCUT2D eigenvalue weighted by molar-refractivity contribution is 6.33. The summed E-state index contributed by atoms with van der Waals surface area (Å²) in [5.74, 6) is 1.80. The second kappa shape index (κ2) is 6.33. The SMILES string of the molecule is CC1CCC(CCNc2c(N)cccc2Cl)CC1. The van der Waals surface area contributed by atoms with Crippen LogP contribution in [0.2, 0.25) is 5.02 Å². The Morgan fingerprint density at radius 1 is 1.28 bits per heavy atom. The number of rotatable bonds is 4. The van der Waals surface area contributed by atoms with Crippen LogP contribution in [0.25, 0.3) is 0 Å². The predicted octanol–water partition coefficient (Wildman–Crippen LogP) is 4.55. The van der Waals surface area contributed by atoms with Gasteiger partial charge in [0.15, 0.2) is 0 Å². The van der Waals surface area contributed by atoms with E-state index >= 15 is 0 Å². The zero-order chi connectivity index (χ0) is 13.0. The molecule has 1 fully saturated rings. The van der Waals surface area contributed by atoms with E-state index in [1.807, 2.05) is 18.2 Å². The van der Waals surface area contributed by atoms with Gasteiger partial charge in [-0.05, 0) is 30.4 Å². The van der Waals surface area contributed by atoms with E-state index in [1.54, 1.807) is 0 Å². The third-order valence-corrected chi connectivity index (χ3v) is 4.35. The van der Waals surface area contributed by atoms with Crippen molar-refractivity contribution in [2.24, 2.45) is 11.8 Å². The lowest BCUT2D eigenvalue weighted by Gasteiger charge is -2.26. The molecule has 0 aliphatic heterocycles. The average Bonchev–Trinajstić information content (AvgIpc) is 2.35. The molecule has 0 radical (unpaired) electrons. The second-order valence-corrected chi connectivity index (χ2v) is 5.95. The summed E-state index contributed by atoms with van der Waals surface area (Å²) in [5.41, 5.74) is 7.54. The van der Waals surface area contributed by atoms with E-state index < -0.39 is 0 Å². The van der Waals surface area contributed by atoms with E-state index in [9.17, 15) is 0 Å². The monoisotopic (exact) mass is 266 g/mol. The summed E-state index contributed by atoms with van der Waals surface area (Å²) in [4.78, 5) is 0. The first kappa shape index (κ1) is 13.5. The van der Waals surface area contributed by atoms with Crippen LogP contribution >= 0.6 is 11.6 Å². The molecule has 3 heteroatoms. The van der Waals surface area contributed by atoms with Crippen molar-refractivity contribution in [1.29, 1.82) is 0 Å². The van der Waals surface area contributed by atoms with E-state index in [1.165, 1.54) is 32.1 Å². The summed E-state index contributed by atoms with van der Waals surface area (Å²) in [5, 5.41) is 4.10. The van der Waals surface area contributed by atoms with Gasteiger partial charge in [0.1, 0.15) is 0 Å². The number of nitrogen functional groups attached to an aromatic ring is 1. The molecule has 0 aromatic heterocycles. The molecule has 18 heavy (non-hydrogen) atoms. The van der Waals surface area contributed by atoms with Crippen LogP contribution in [0, 0.1) is 11.8 Å². The normalized spacial score (nSPS) is 23.9. The molecular formula is C15H23ClN2. The largest absolute Gasteiger partial charge is 0.397 e. The summed E-state index contributed by atoms with van der Waals surface area (Å²) < 4.78 is 0. The number of benzene rings is 1. The van der Waals surface area contributed by atoms with Crippen LogP contribution in [-0.2, 0) is 0 Å². The van der Waals surface area contributed by atoms with Crippen molar-refractivity contribution in [2.75, 3.05) is 17.6 Å². The molecule has 2 nitrogen and oxygen atoms in total. The van der Waals surface area contributed by atoms with Gasteiger partial charge in [0.25, 0.3) is 0 Å².